The monoisotopic (exact) mass is 516 g/mol. The molecule has 0 radical (unpaired) electrons. The fourth-order valence-electron chi connectivity index (χ4n) is 4.67. The normalized spacial score (nSPS) is 14.6. The van der Waals surface area contributed by atoms with Crippen LogP contribution in [0, 0.1) is 0 Å². The van der Waals surface area contributed by atoms with E-state index in [2.05, 4.69) is 53.4 Å². The average molecular weight is 517 g/mol. The third-order valence-corrected chi connectivity index (χ3v) is 8.00. The van der Waals surface area contributed by atoms with Crippen molar-refractivity contribution in [1.29, 1.82) is 0 Å². The third kappa shape index (κ3) is 6.31. The Bertz CT molecular complexity index is 1330. The molecule has 192 valence electrons. The summed E-state index contributed by atoms with van der Waals surface area (Å²) in [5, 5.41) is 10.2. The first-order chi connectivity index (χ1) is 18.1. The molecule has 0 aliphatic carbocycles. The molecule has 1 saturated heterocycles. The number of carbonyl (C=O) groups is 1. The molecule has 4 aromatic rings. The molecule has 3 aromatic carbocycles. The van der Waals surface area contributed by atoms with E-state index >= 15 is 0 Å². The molecule has 6 nitrogen and oxygen atoms in total. The molecule has 1 aromatic heterocycles. The largest absolute Gasteiger partial charge is 0.492 e. The summed E-state index contributed by atoms with van der Waals surface area (Å²) >= 11 is 1.78. The van der Waals surface area contributed by atoms with Crippen LogP contribution in [0.1, 0.15) is 24.0 Å². The minimum atomic E-state index is -1.08. The smallest absolute Gasteiger partial charge is 0.324 e. The van der Waals surface area contributed by atoms with E-state index < -0.39 is 12.0 Å². The maximum absolute atomic E-state index is 10.9. The van der Waals surface area contributed by atoms with Crippen molar-refractivity contribution in [2.75, 3.05) is 32.8 Å². The number of benzene rings is 3. The first kappa shape index (κ1) is 25.3. The molecule has 0 saturated carbocycles. The summed E-state index contributed by atoms with van der Waals surface area (Å²) in [7, 11) is 0. The van der Waals surface area contributed by atoms with Crippen molar-refractivity contribution in [2.45, 2.75) is 25.3 Å². The predicted molar refractivity (Wildman–Crippen MR) is 149 cm³/mol. The lowest BCUT2D eigenvalue weighted by atomic mass is 9.99. The van der Waals surface area contributed by atoms with E-state index in [-0.39, 0.29) is 6.61 Å². The Morgan fingerprint density at radius 1 is 0.946 bits per heavy atom. The van der Waals surface area contributed by atoms with Crippen LogP contribution in [0.5, 0.6) is 11.5 Å². The van der Waals surface area contributed by atoms with Crippen molar-refractivity contribution in [3.8, 4) is 21.9 Å². The first-order valence-corrected chi connectivity index (χ1v) is 13.5. The van der Waals surface area contributed by atoms with Gasteiger partial charge < -0.3 is 20.3 Å². The Hall–Kier alpha value is -3.39. The minimum absolute atomic E-state index is 0.0687. The van der Waals surface area contributed by atoms with E-state index in [1.54, 1.807) is 11.3 Å². The Labute approximate surface area is 221 Å². The topological polar surface area (TPSA) is 85.0 Å². The van der Waals surface area contributed by atoms with Crippen LogP contribution in [-0.4, -0.2) is 54.9 Å². The van der Waals surface area contributed by atoms with Crippen LogP contribution in [0.4, 0.5) is 0 Å². The summed E-state index contributed by atoms with van der Waals surface area (Å²) in [5.74, 6) is 0.438. The molecule has 0 amide bonds. The standard InChI is InChI=1S/C30H32N2O4S/c31-27(30(33)34)20-36-24-13-9-22(10-14-24)29-26(25-5-1-2-6-28(25)37-29)19-21-7-11-23(12-8-21)35-18-17-32-15-3-4-16-32/h1-2,5-14,27H,3-4,15-20,31H2,(H,33,34). The Morgan fingerprint density at radius 3 is 2.35 bits per heavy atom. The lowest BCUT2D eigenvalue weighted by Gasteiger charge is -2.15. The van der Waals surface area contributed by atoms with Crippen LogP contribution in [0.25, 0.3) is 20.5 Å². The second-order valence-electron chi connectivity index (χ2n) is 9.40. The summed E-state index contributed by atoms with van der Waals surface area (Å²) in [6.07, 6.45) is 3.42. The van der Waals surface area contributed by atoms with Crippen molar-refractivity contribution in [3.05, 3.63) is 83.9 Å². The van der Waals surface area contributed by atoms with Gasteiger partial charge in [-0.15, -0.1) is 11.3 Å². The number of fused-ring (bicyclic) bond motifs is 1. The van der Waals surface area contributed by atoms with Crippen molar-refractivity contribution in [2.24, 2.45) is 5.73 Å². The van der Waals surface area contributed by atoms with Crippen LogP contribution in [0.2, 0.25) is 0 Å². The van der Waals surface area contributed by atoms with E-state index in [1.807, 2.05) is 24.3 Å². The van der Waals surface area contributed by atoms with Gasteiger partial charge in [-0.05, 0) is 96.9 Å². The number of carboxylic acids is 1. The number of nitrogens with zero attached hydrogens (tertiary/aromatic N) is 1. The fraction of sp³-hybridized carbons (Fsp3) is 0.300. The highest BCUT2D eigenvalue weighted by Crippen LogP contribution is 2.40. The second-order valence-corrected chi connectivity index (χ2v) is 10.5. The molecule has 5 rings (SSSR count). The molecule has 0 bridgehead atoms. The van der Waals surface area contributed by atoms with Gasteiger partial charge in [-0.2, -0.15) is 0 Å². The number of ether oxygens (including phenoxy) is 2. The van der Waals surface area contributed by atoms with E-state index in [4.69, 9.17) is 20.3 Å². The van der Waals surface area contributed by atoms with Crippen molar-refractivity contribution < 1.29 is 19.4 Å². The molecule has 1 fully saturated rings. The summed E-state index contributed by atoms with van der Waals surface area (Å²) in [5.41, 5.74) is 9.18. The summed E-state index contributed by atoms with van der Waals surface area (Å²) in [6.45, 7) is 4.02. The summed E-state index contributed by atoms with van der Waals surface area (Å²) < 4.78 is 12.8. The van der Waals surface area contributed by atoms with Crippen molar-refractivity contribution >= 4 is 27.4 Å². The molecule has 1 unspecified atom stereocenters. The van der Waals surface area contributed by atoms with Gasteiger partial charge in [0.15, 0.2) is 0 Å². The van der Waals surface area contributed by atoms with Gasteiger partial charge in [0.05, 0.1) is 0 Å². The number of hydrogen-bond donors (Lipinski definition) is 2. The van der Waals surface area contributed by atoms with Gasteiger partial charge in [-0.1, -0.05) is 30.3 Å². The molecular formula is C30H32N2O4S. The average Bonchev–Trinajstić information content (AvgIpc) is 3.57. The molecule has 3 N–H and O–H groups in total. The molecule has 0 spiro atoms. The number of aliphatic carboxylic acids is 1. The maximum Gasteiger partial charge on any atom is 0.324 e. The van der Waals surface area contributed by atoms with Crippen LogP contribution in [-0.2, 0) is 11.2 Å². The Kier molecular flexibility index (Phi) is 8.04. The molecule has 1 aliphatic heterocycles. The van der Waals surface area contributed by atoms with Gasteiger partial charge >= 0.3 is 5.97 Å². The van der Waals surface area contributed by atoms with Gasteiger partial charge in [0.2, 0.25) is 0 Å². The zero-order valence-corrected chi connectivity index (χ0v) is 21.6. The van der Waals surface area contributed by atoms with Gasteiger partial charge in [0, 0.05) is 16.1 Å². The molecule has 1 atom stereocenters. The molecular weight excluding hydrogens is 484 g/mol. The van der Waals surface area contributed by atoms with Crippen LogP contribution in [0.15, 0.2) is 72.8 Å². The van der Waals surface area contributed by atoms with E-state index in [0.717, 1.165) is 30.9 Å². The highest BCUT2D eigenvalue weighted by molar-refractivity contribution is 7.22. The van der Waals surface area contributed by atoms with E-state index in [1.165, 1.54) is 52.0 Å². The maximum atomic E-state index is 10.9. The van der Waals surface area contributed by atoms with Crippen LogP contribution in [0.3, 0.4) is 0 Å². The number of hydrogen-bond acceptors (Lipinski definition) is 6. The van der Waals surface area contributed by atoms with Gasteiger partial charge in [0.1, 0.15) is 30.8 Å². The number of thiophene rings is 1. The Morgan fingerprint density at radius 2 is 1.62 bits per heavy atom. The predicted octanol–water partition coefficient (Wildman–Crippen LogP) is 5.42. The molecule has 1 aliphatic rings. The molecule has 37 heavy (non-hydrogen) atoms. The Balaban J connectivity index is 1.30. The molecule has 2 heterocycles. The lowest BCUT2D eigenvalue weighted by Crippen LogP contribution is -2.36. The van der Waals surface area contributed by atoms with Gasteiger partial charge in [-0.3, -0.25) is 9.69 Å². The first-order valence-electron chi connectivity index (χ1n) is 12.7. The van der Waals surface area contributed by atoms with E-state index in [9.17, 15) is 4.79 Å². The van der Waals surface area contributed by atoms with Crippen molar-refractivity contribution in [1.82, 2.24) is 4.90 Å². The van der Waals surface area contributed by atoms with Crippen molar-refractivity contribution in [3.63, 3.8) is 0 Å². The quantitative estimate of drug-likeness (QED) is 0.277. The number of carboxylic acid groups (broad SMARTS) is 1. The molecule has 7 heteroatoms. The number of likely N-dealkylation sites (tertiary alicyclic amines) is 1. The zero-order chi connectivity index (χ0) is 25.6. The fourth-order valence-corrected chi connectivity index (χ4v) is 5.90. The van der Waals surface area contributed by atoms with E-state index in [0.29, 0.717) is 5.75 Å². The second kappa shape index (κ2) is 11.8. The summed E-state index contributed by atoms with van der Waals surface area (Å²) in [4.78, 5) is 14.6. The minimum Gasteiger partial charge on any atom is -0.492 e. The third-order valence-electron chi connectivity index (χ3n) is 6.74. The van der Waals surface area contributed by atoms with Gasteiger partial charge in [-0.25, -0.2) is 0 Å². The highest BCUT2D eigenvalue weighted by atomic mass is 32.1. The zero-order valence-electron chi connectivity index (χ0n) is 20.8. The highest BCUT2D eigenvalue weighted by Gasteiger charge is 2.16. The summed E-state index contributed by atoms with van der Waals surface area (Å²) in [6, 6.07) is 23.7. The van der Waals surface area contributed by atoms with Crippen LogP contribution >= 0.6 is 11.3 Å². The lowest BCUT2D eigenvalue weighted by molar-refractivity contribution is -0.139. The number of nitrogens with two attached hydrogens (primary N) is 1. The number of rotatable bonds is 11. The van der Waals surface area contributed by atoms with Crippen LogP contribution < -0.4 is 15.2 Å². The van der Waals surface area contributed by atoms with Gasteiger partial charge in [0.25, 0.3) is 0 Å². The SMILES string of the molecule is NC(COc1ccc(-c2sc3ccccc3c2Cc2ccc(OCCN3CCCC3)cc2)cc1)C(=O)O.